The van der Waals surface area contributed by atoms with E-state index in [4.69, 9.17) is 11.6 Å². The number of hydrogen-bond donors (Lipinski definition) is 2. The van der Waals surface area contributed by atoms with Gasteiger partial charge < -0.3 is 5.32 Å². The van der Waals surface area contributed by atoms with Crippen molar-refractivity contribution in [1.82, 2.24) is 9.55 Å². The number of carbonyl (C=O) groups excluding carboxylic acids is 1. The van der Waals surface area contributed by atoms with Crippen LogP contribution < -0.4 is 16.6 Å². The molecule has 104 valence electrons. The Labute approximate surface area is 126 Å². The summed E-state index contributed by atoms with van der Waals surface area (Å²) in [6, 6.07) is 6.98. The number of anilines is 1. The summed E-state index contributed by atoms with van der Waals surface area (Å²) in [5.74, 6) is -0.405. The van der Waals surface area contributed by atoms with Gasteiger partial charge in [-0.15, -0.1) is 0 Å². The molecule has 20 heavy (non-hydrogen) atoms. The maximum Gasteiger partial charge on any atom is 0.328 e. The summed E-state index contributed by atoms with van der Waals surface area (Å²) < 4.78 is 1.91. The number of halogens is 2. The average molecular weight is 359 g/mol. The number of hydrogen-bond acceptors (Lipinski definition) is 3. The Morgan fingerprint density at radius 2 is 1.95 bits per heavy atom. The van der Waals surface area contributed by atoms with E-state index in [0.717, 1.165) is 15.2 Å². The van der Waals surface area contributed by atoms with Crippen LogP contribution in [-0.2, 0) is 11.3 Å². The summed E-state index contributed by atoms with van der Waals surface area (Å²) in [6.07, 6.45) is 1.13. The van der Waals surface area contributed by atoms with Crippen molar-refractivity contribution < 1.29 is 4.79 Å². The van der Waals surface area contributed by atoms with Crippen LogP contribution >= 0.6 is 27.5 Å². The largest absolute Gasteiger partial charge is 0.328 e. The van der Waals surface area contributed by atoms with Crippen LogP contribution in [0.1, 0.15) is 0 Å². The first-order valence-electron chi connectivity index (χ1n) is 5.50. The van der Waals surface area contributed by atoms with Gasteiger partial charge in [0.15, 0.2) is 0 Å². The monoisotopic (exact) mass is 357 g/mol. The lowest BCUT2D eigenvalue weighted by molar-refractivity contribution is -0.116. The molecule has 6 nitrogen and oxygen atoms in total. The molecule has 0 unspecified atom stereocenters. The van der Waals surface area contributed by atoms with Gasteiger partial charge in [0.1, 0.15) is 11.6 Å². The van der Waals surface area contributed by atoms with E-state index >= 15 is 0 Å². The molecule has 1 amide bonds. The van der Waals surface area contributed by atoms with Crippen LogP contribution in [0.25, 0.3) is 0 Å². The maximum absolute atomic E-state index is 11.8. The van der Waals surface area contributed by atoms with Crippen LogP contribution in [0.15, 0.2) is 44.5 Å². The predicted octanol–water partition coefficient (Wildman–Crippen LogP) is 1.59. The van der Waals surface area contributed by atoms with E-state index in [-0.39, 0.29) is 11.6 Å². The van der Waals surface area contributed by atoms with Crippen molar-refractivity contribution in [2.24, 2.45) is 0 Å². The molecule has 2 rings (SSSR count). The zero-order chi connectivity index (χ0) is 14.7. The van der Waals surface area contributed by atoms with E-state index in [1.807, 2.05) is 4.98 Å². The van der Waals surface area contributed by atoms with E-state index in [9.17, 15) is 14.4 Å². The van der Waals surface area contributed by atoms with Crippen molar-refractivity contribution in [3.8, 4) is 0 Å². The second kappa shape index (κ2) is 6.06. The molecule has 0 aliphatic carbocycles. The van der Waals surface area contributed by atoms with E-state index < -0.39 is 17.2 Å². The van der Waals surface area contributed by atoms with Gasteiger partial charge in [0.2, 0.25) is 5.91 Å². The Morgan fingerprint density at radius 1 is 1.30 bits per heavy atom. The summed E-state index contributed by atoms with van der Waals surface area (Å²) >= 11 is 8.89. The highest BCUT2D eigenvalue weighted by atomic mass is 79.9. The fraction of sp³-hybridized carbons (Fsp3) is 0.0833. The third kappa shape index (κ3) is 3.58. The predicted molar refractivity (Wildman–Crippen MR) is 79.1 cm³/mol. The van der Waals surface area contributed by atoms with Crippen LogP contribution in [0, 0.1) is 0 Å². The van der Waals surface area contributed by atoms with Crippen molar-refractivity contribution in [3.05, 3.63) is 60.8 Å². The van der Waals surface area contributed by atoms with Gasteiger partial charge in [0.05, 0.1) is 0 Å². The summed E-state index contributed by atoms with van der Waals surface area (Å²) in [4.78, 5) is 36.4. The van der Waals surface area contributed by atoms with Gasteiger partial charge in [-0.3, -0.25) is 19.1 Å². The van der Waals surface area contributed by atoms with Crippen LogP contribution in [0.5, 0.6) is 0 Å². The SMILES string of the molecule is O=C(Cn1cc(Cl)c(=O)[nH]c1=O)Nc1ccc(Br)cc1. The fourth-order valence-electron chi connectivity index (χ4n) is 1.49. The number of nitrogens with zero attached hydrogens (tertiary/aromatic N) is 1. The molecule has 0 fully saturated rings. The molecular formula is C12H9BrClN3O3. The fourth-order valence-corrected chi connectivity index (χ4v) is 1.92. The molecule has 0 saturated carbocycles. The lowest BCUT2D eigenvalue weighted by Crippen LogP contribution is -2.33. The molecular weight excluding hydrogens is 350 g/mol. The first kappa shape index (κ1) is 14.5. The zero-order valence-electron chi connectivity index (χ0n) is 10.0. The van der Waals surface area contributed by atoms with Crippen LogP contribution in [0.4, 0.5) is 5.69 Å². The van der Waals surface area contributed by atoms with Gasteiger partial charge in [0.25, 0.3) is 5.56 Å². The number of H-pyrrole nitrogens is 1. The van der Waals surface area contributed by atoms with Crippen molar-refractivity contribution in [1.29, 1.82) is 0 Å². The number of rotatable bonds is 3. The van der Waals surface area contributed by atoms with Crippen molar-refractivity contribution in [2.75, 3.05) is 5.32 Å². The molecule has 0 radical (unpaired) electrons. The van der Waals surface area contributed by atoms with E-state index in [2.05, 4.69) is 21.2 Å². The third-order valence-corrected chi connectivity index (χ3v) is 3.21. The summed E-state index contributed by atoms with van der Waals surface area (Å²) in [5, 5.41) is 2.47. The number of carbonyl (C=O) groups is 1. The number of aromatic amines is 1. The van der Waals surface area contributed by atoms with Crippen LogP contribution in [0.2, 0.25) is 5.02 Å². The second-order valence-corrected chi connectivity index (χ2v) is 5.24. The highest BCUT2D eigenvalue weighted by Crippen LogP contribution is 2.13. The molecule has 1 aromatic heterocycles. The average Bonchev–Trinajstić information content (AvgIpc) is 2.39. The van der Waals surface area contributed by atoms with E-state index in [0.29, 0.717) is 5.69 Å². The molecule has 1 aromatic carbocycles. The molecule has 2 N–H and O–H groups in total. The van der Waals surface area contributed by atoms with Gasteiger partial charge in [-0.1, -0.05) is 27.5 Å². The number of benzene rings is 1. The van der Waals surface area contributed by atoms with Gasteiger partial charge in [-0.05, 0) is 24.3 Å². The zero-order valence-corrected chi connectivity index (χ0v) is 12.4. The topological polar surface area (TPSA) is 84.0 Å². The highest BCUT2D eigenvalue weighted by Gasteiger charge is 2.07. The minimum absolute atomic E-state index is 0.152. The molecule has 1 heterocycles. The first-order valence-corrected chi connectivity index (χ1v) is 6.67. The molecule has 0 bridgehead atoms. The lowest BCUT2D eigenvalue weighted by atomic mass is 10.3. The molecule has 8 heteroatoms. The smallest absolute Gasteiger partial charge is 0.325 e. The second-order valence-electron chi connectivity index (χ2n) is 3.92. The van der Waals surface area contributed by atoms with Crippen LogP contribution in [0.3, 0.4) is 0 Å². The Morgan fingerprint density at radius 3 is 2.60 bits per heavy atom. The summed E-state index contributed by atoms with van der Waals surface area (Å²) in [6.45, 7) is -0.245. The molecule has 0 spiro atoms. The molecule has 2 aromatic rings. The van der Waals surface area contributed by atoms with Gasteiger partial charge in [0, 0.05) is 16.4 Å². The standard InChI is InChI=1S/C12H9BrClN3O3/c13-7-1-3-8(4-2-7)15-10(18)6-17-5-9(14)11(19)16-12(17)20/h1-5H,6H2,(H,15,18)(H,16,19,20). The minimum atomic E-state index is -0.689. The van der Waals surface area contributed by atoms with E-state index in [1.165, 1.54) is 0 Å². The van der Waals surface area contributed by atoms with Crippen molar-refractivity contribution >= 4 is 39.1 Å². The highest BCUT2D eigenvalue weighted by molar-refractivity contribution is 9.10. The lowest BCUT2D eigenvalue weighted by Gasteiger charge is -2.07. The van der Waals surface area contributed by atoms with Crippen LogP contribution in [-0.4, -0.2) is 15.5 Å². The van der Waals surface area contributed by atoms with Crippen molar-refractivity contribution in [2.45, 2.75) is 6.54 Å². The Bertz CT molecular complexity index is 752. The Balaban J connectivity index is 2.12. The molecule has 0 atom stereocenters. The number of nitrogens with one attached hydrogen (secondary N) is 2. The summed E-state index contributed by atoms with van der Waals surface area (Å²) in [5.41, 5.74) is -0.770. The molecule has 0 saturated heterocycles. The number of aromatic nitrogens is 2. The molecule has 0 aliphatic heterocycles. The first-order chi connectivity index (χ1) is 9.45. The van der Waals surface area contributed by atoms with Gasteiger partial charge in [-0.25, -0.2) is 4.79 Å². The normalized spacial score (nSPS) is 10.3. The summed E-state index contributed by atoms with van der Waals surface area (Å²) in [7, 11) is 0. The minimum Gasteiger partial charge on any atom is -0.325 e. The van der Waals surface area contributed by atoms with Gasteiger partial charge >= 0.3 is 5.69 Å². The van der Waals surface area contributed by atoms with Gasteiger partial charge in [-0.2, -0.15) is 0 Å². The van der Waals surface area contributed by atoms with Crippen molar-refractivity contribution in [3.63, 3.8) is 0 Å². The Hall–Kier alpha value is -1.86. The quantitative estimate of drug-likeness (QED) is 0.874. The maximum atomic E-state index is 11.8. The third-order valence-electron chi connectivity index (χ3n) is 2.41. The Kier molecular flexibility index (Phi) is 4.41. The van der Waals surface area contributed by atoms with E-state index in [1.54, 1.807) is 24.3 Å². The molecule has 0 aliphatic rings. The number of amides is 1.